The maximum absolute atomic E-state index is 6.36. The standard InChI is InChI=1S/C19H22ClN5S.3ClH/c20-15-13-23-19(22-6-3-9-25-10-7-21-8-11-25)24-18(15)17-12-14-4-1-2-5-16(14)26-17;;;/h1-2,4-5,12-13,21H,3,6-11H2,(H,22,23,24);3*1H. The van der Waals surface area contributed by atoms with E-state index in [9.17, 15) is 0 Å². The molecule has 29 heavy (non-hydrogen) atoms. The zero-order valence-corrected chi connectivity index (χ0v) is 19.8. The average Bonchev–Trinajstić information content (AvgIpc) is 3.11. The summed E-state index contributed by atoms with van der Waals surface area (Å²) in [4.78, 5) is 12.5. The molecule has 0 aliphatic carbocycles. The molecule has 4 rings (SSSR count). The van der Waals surface area contributed by atoms with Crippen molar-refractivity contribution in [3.8, 4) is 10.6 Å². The molecule has 5 nitrogen and oxygen atoms in total. The second kappa shape index (κ2) is 12.7. The molecule has 1 fully saturated rings. The van der Waals surface area contributed by atoms with E-state index in [2.05, 4.69) is 49.8 Å². The van der Waals surface area contributed by atoms with Crippen LogP contribution in [-0.2, 0) is 0 Å². The fourth-order valence-corrected chi connectivity index (χ4v) is 4.48. The number of benzene rings is 1. The number of nitrogens with zero attached hydrogens (tertiary/aromatic N) is 3. The normalized spacial score (nSPS) is 13.8. The van der Waals surface area contributed by atoms with Crippen LogP contribution in [0.15, 0.2) is 36.5 Å². The van der Waals surface area contributed by atoms with Crippen molar-refractivity contribution in [2.45, 2.75) is 6.42 Å². The van der Waals surface area contributed by atoms with Crippen molar-refractivity contribution < 1.29 is 0 Å². The number of nitrogens with one attached hydrogen (secondary N) is 2. The van der Waals surface area contributed by atoms with Gasteiger partial charge in [0.15, 0.2) is 0 Å². The summed E-state index contributed by atoms with van der Waals surface area (Å²) in [6, 6.07) is 10.5. The van der Waals surface area contributed by atoms with Crippen molar-refractivity contribution in [2.24, 2.45) is 0 Å². The van der Waals surface area contributed by atoms with Crippen LogP contribution in [0.3, 0.4) is 0 Å². The van der Waals surface area contributed by atoms with Crippen LogP contribution in [0.1, 0.15) is 6.42 Å². The van der Waals surface area contributed by atoms with Crippen LogP contribution in [-0.4, -0.2) is 54.1 Å². The van der Waals surface area contributed by atoms with E-state index >= 15 is 0 Å². The Morgan fingerprint density at radius 1 is 1.14 bits per heavy atom. The van der Waals surface area contributed by atoms with Gasteiger partial charge in [0.1, 0.15) is 5.69 Å². The minimum atomic E-state index is 0. The predicted octanol–water partition coefficient (Wildman–Crippen LogP) is 4.98. The molecule has 0 atom stereocenters. The number of thiophene rings is 1. The Morgan fingerprint density at radius 3 is 2.66 bits per heavy atom. The van der Waals surface area contributed by atoms with E-state index in [-0.39, 0.29) is 37.2 Å². The van der Waals surface area contributed by atoms with E-state index in [0.717, 1.165) is 56.3 Å². The summed E-state index contributed by atoms with van der Waals surface area (Å²) in [6.07, 6.45) is 2.76. The van der Waals surface area contributed by atoms with Crippen LogP contribution in [0.25, 0.3) is 20.7 Å². The van der Waals surface area contributed by atoms with E-state index in [1.165, 1.54) is 10.1 Å². The largest absolute Gasteiger partial charge is 0.354 e. The third-order valence-corrected chi connectivity index (χ3v) is 5.95. The fourth-order valence-electron chi connectivity index (χ4n) is 3.16. The molecule has 160 valence electrons. The van der Waals surface area contributed by atoms with Gasteiger partial charge in [0.05, 0.1) is 16.1 Å². The van der Waals surface area contributed by atoms with Gasteiger partial charge in [-0.2, -0.15) is 0 Å². The lowest BCUT2D eigenvalue weighted by Crippen LogP contribution is -2.44. The topological polar surface area (TPSA) is 53.1 Å². The van der Waals surface area contributed by atoms with Crippen molar-refractivity contribution in [2.75, 3.05) is 44.6 Å². The van der Waals surface area contributed by atoms with Gasteiger partial charge in [0.25, 0.3) is 0 Å². The zero-order chi connectivity index (χ0) is 17.8. The smallest absolute Gasteiger partial charge is 0.223 e. The molecule has 1 saturated heterocycles. The number of anilines is 1. The number of piperazine rings is 1. The van der Waals surface area contributed by atoms with Gasteiger partial charge in [-0.25, -0.2) is 9.97 Å². The molecule has 1 aromatic carbocycles. The van der Waals surface area contributed by atoms with E-state index in [0.29, 0.717) is 11.0 Å². The van der Waals surface area contributed by atoms with Crippen LogP contribution >= 0.6 is 60.2 Å². The third-order valence-electron chi connectivity index (χ3n) is 4.55. The highest BCUT2D eigenvalue weighted by Crippen LogP contribution is 2.35. The minimum absolute atomic E-state index is 0. The van der Waals surface area contributed by atoms with Crippen LogP contribution in [0.4, 0.5) is 5.95 Å². The number of hydrogen-bond acceptors (Lipinski definition) is 6. The lowest BCUT2D eigenvalue weighted by atomic mass is 10.2. The summed E-state index contributed by atoms with van der Waals surface area (Å²) in [5.41, 5.74) is 0.799. The van der Waals surface area contributed by atoms with Gasteiger partial charge < -0.3 is 15.5 Å². The first-order valence-electron chi connectivity index (χ1n) is 8.98. The van der Waals surface area contributed by atoms with E-state index < -0.39 is 0 Å². The second-order valence-electron chi connectivity index (χ2n) is 6.41. The molecule has 3 aromatic rings. The van der Waals surface area contributed by atoms with Gasteiger partial charge in [0.2, 0.25) is 5.95 Å². The molecule has 1 aliphatic heterocycles. The molecule has 0 radical (unpaired) electrons. The van der Waals surface area contributed by atoms with Crippen LogP contribution in [0.5, 0.6) is 0 Å². The maximum Gasteiger partial charge on any atom is 0.223 e. The molecular weight excluding hydrogens is 472 g/mol. The summed E-state index contributed by atoms with van der Waals surface area (Å²) in [5, 5.41) is 8.52. The quantitative estimate of drug-likeness (QED) is 0.471. The van der Waals surface area contributed by atoms with Gasteiger partial charge in [-0.1, -0.05) is 29.8 Å². The van der Waals surface area contributed by atoms with Crippen molar-refractivity contribution in [1.82, 2.24) is 20.2 Å². The second-order valence-corrected chi connectivity index (χ2v) is 7.90. The fraction of sp³-hybridized carbons (Fsp3) is 0.368. The monoisotopic (exact) mass is 495 g/mol. The summed E-state index contributed by atoms with van der Waals surface area (Å²) in [6.45, 7) is 6.41. The first-order chi connectivity index (χ1) is 12.8. The van der Waals surface area contributed by atoms with Gasteiger partial charge in [-0.3, -0.25) is 0 Å². The molecule has 0 amide bonds. The van der Waals surface area contributed by atoms with Crippen LogP contribution < -0.4 is 10.6 Å². The highest BCUT2D eigenvalue weighted by Gasteiger charge is 2.12. The summed E-state index contributed by atoms with van der Waals surface area (Å²) in [7, 11) is 0. The predicted molar refractivity (Wildman–Crippen MR) is 132 cm³/mol. The molecule has 0 spiro atoms. The minimum Gasteiger partial charge on any atom is -0.354 e. The first-order valence-corrected chi connectivity index (χ1v) is 10.2. The molecule has 10 heteroatoms. The molecule has 1 aliphatic rings. The van der Waals surface area contributed by atoms with Crippen LogP contribution in [0, 0.1) is 0 Å². The molecule has 2 aromatic heterocycles. The Kier molecular flexibility index (Phi) is 11.5. The molecule has 0 unspecified atom stereocenters. The number of aromatic nitrogens is 2. The Labute approximate surface area is 198 Å². The lowest BCUT2D eigenvalue weighted by molar-refractivity contribution is 0.240. The Bertz CT molecular complexity index is 853. The molecular formula is C19H25Cl4N5S. The van der Waals surface area contributed by atoms with Gasteiger partial charge in [-0.15, -0.1) is 48.6 Å². The number of fused-ring (bicyclic) bond motifs is 1. The Morgan fingerprint density at radius 2 is 1.90 bits per heavy atom. The molecule has 0 bridgehead atoms. The van der Waals surface area contributed by atoms with Gasteiger partial charge in [0, 0.05) is 37.4 Å². The lowest BCUT2D eigenvalue weighted by Gasteiger charge is -2.27. The van der Waals surface area contributed by atoms with Gasteiger partial charge in [-0.05, 0) is 30.5 Å². The molecule has 0 saturated carbocycles. The molecule has 3 heterocycles. The number of hydrogen-bond donors (Lipinski definition) is 2. The summed E-state index contributed by atoms with van der Waals surface area (Å²) >= 11 is 8.07. The van der Waals surface area contributed by atoms with Crippen molar-refractivity contribution >= 4 is 76.2 Å². The summed E-state index contributed by atoms with van der Waals surface area (Å²) in [5.74, 6) is 0.641. The SMILES string of the molecule is Cl.Cl.Cl.Clc1cnc(NCCCN2CCNCC2)nc1-c1cc2ccccc2s1. The zero-order valence-electron chi connectivity index (χ0n) is 15.8. The van der Waals surface area contributed by atoms with Crippen LogP contribution in [0.2, 0.25) is 5.02 Å². The van der Waals surface area contributed by atoms with E-state index in [1.807, 2.05) is 6.07 Å². The highest BCUT2D eigenvalue weighted by atomic mass is 35.5. The van der Waals surface area contributed by atoms with E-state index in [1.54, 1.807) is 17.5 Å². The average molecular weight is 497 g/mol. The number of halogens is 4. The Hall–Kier alpha value is -0.860. The highest BCUT2D eigenvalue weighted by molar-refractivity contribution is 7.22. The number of rotatable bonds is 6. The van der Waals surface area contributed by atoms with Crippen molar-refractivity contribution in [3.63, 3.8) is 0 Å². The van der Waals surface area contributed by atoms with Crippen molar-refractivity contribution in [1.29, 1.82) is 0 Å². The van der Waals surface area contributed by atoms with Gasteiger partial charge >= 0.3 is 0 Å². The Balaban J connectivity index is 0.00000140. The first kappa shape index (κ1) is 26.2. The molecule has 2 N–H and O–H groups in total. The maximum atomic E-state index is 6.36. The van der Waals surface area contributed by atoms with Crippen molar-refractivity contribution in [3.05, 3.63) is 41.6 Å². The third kappa shape index (κ3) is 6.82. The summed E-state index contributed by atoms with van der Waals surface area (Å²) < 4.78 is 1.24. The van der Waals surface area contributed by atoms with E-state index in [4.69, 9.17) is 11.6 Å².